The van der Waals surface area contributed by atoms with Crippen LogP contribution in [0.5, 0.6) is 0 Å². The third-order valence-electron chi connectivity index (χ3n) is 3.82. The molecule has 0 bridgehead atoms. The first kappa shape index (κ1) is 16.8. The second kappa shape index (κ2) is 6.25. The van der Waals surface area contributed by atoms with E-state index in [9.17, 15) is 0 Å². The minimum absolute atomic E-state index is 0.140. The van der Waals surface area contributed by atoms with Crippen LogP contribution in [0.1, 0.15) is 20.8 Å². The molecule has 26 heavy (non-hydrogen) atoms. The van der Waals surface area contributed by atoms with Gasteiger partial charge in [-0.25, -0.2) is 4.98 Å². The molecule has 4 rings (SSSR count). The number of imidazole rings is 1. The highest BCUT2D eigenvalue weighted by Crippen LogP contribution is 2.27. The highest BCUT2D eigenvalue weighted by molar-refractivity contribution is 9.10. The molecule has 2 aromatic carbocycles. The first-order valence-electron chi connectivity index (χ1n) is 8.35. The van der Waals surface area contributed by atoms with Crippen LogP contribution in [0.15, 0.2) is 47.2 Å². The van der Waals surface area contributed by atoms with Crippen LogP contribution in [-0.2, 0) is 0 Å². The largest absolute Gasteiger partial charge is 0.364 e. The Hall–Kier alpha value is -2.67. The molecule has 132 valence electrons. The first-order chi connectivity index (χ1) is 12.4. The standard InChI is InChI=1S/C19H19BrN6/c1-19(2,3)26-16-14-15(23-17(20)22-14)24-18(25-16)21-13-9-8-11-6-4-5-7-12(11)10-13/h4-10H,1-3H3,(H3,21,22,23,24,25,26). The van der Waals surface area contributed by atoms with Crippen LogP contribution in [0, 0.1) is 0 Å². The summed E-state index contributed by atoms with van der Waals surface area (Å²) in [5.41, 5.74) is 2.16. The van der Waals surface area contributed by atoms with Crippen LogP contribution >= 0.6 is 15.9 Å². The summed E-state index contributed by atoms with van der Waals surface area (Å²) < 4.78 is 0.626. The number of hydrogen-bond donors (Lipinski definition) is 3. The number of hydrogen-bond acceptors (Lipinski definition) is 5. The third kappa shape index (κ3) is 3.48. The highest BCUT2D eigenvalue weighted by Gasteiger charge is 2.17. The number of halogens is 1. The molecular formula is C19H19BrN6. The van der Waals surface area contributed by atoms with Gasteiger partial charge in [0.15, 0.2) is 16.2 Å². The van der Waals surface area contributed by atoms with Gasteiger partial charge in [0.05, 0.1) is 0 Å². The Morgan fingerprint density at radius 3 is 2.50 bits per heavy atom. The smallest absolute Gasteiger partial charge is 0.231 e. The molecule has 7 heteroatoms. The summed E-state index contributed by atoms with van der Waals surface area (Å²) in [6, 6.07) is 14.4. The maximum absolute atomic E-state index is 4.65. The first-order valence-corrected chi connectivity index (χ1v) is 9.14. The zero-order valence-corrected chi connectivity index (χ0v) is 16.3. The molecule has 0 aliphatic carbocycles. The summed E-state index contributed by atoms with van der Waals surface area (Å²) in [6.45, 7) is 6.26. The van der Waals surface area contributed by atoms with E-state index in [-0.39, 0.29) is 5.54 Å². The molecule has 0 saturated carbocycles. The Balaban J connectivity index is 1.75. The normalized spacial score (nSPS) is 11.8. The van der Waals surface area contributed by atoms with Crippen molar-refractivity contribution in [3.8, 4) is 0 Å². The Kier molecular flexibility index (Phi) is 4.03. The summed E-state index contributed by atoms with van der Waals surface area (Å²) in [4.78, 5) is 16.7. The lowest BCUT2D eigenvalue weighted by Gasteiger charge is -2.21. The topological polar surface area (TPSA) is 78.5 Å². The van der Waals surface area contributed by atoms with E-state index in [1.807, 2.05) is 18.2 Å². The maximum atomic E-state index is 4.65. The molecule has 0 atom stereocenters. The molecule has 6 nitrogen and oxygen atoms in total. The number of nitrogens with one attached hydrogen (secondary N) is 3. The van der Waals surface area contributed by atoms with Crippen LogP contribution in [-0.4, -0.2) is 25.5 Å². The Morgan fingerprint density at radius 1 is 0.962 bits per heavy atom. The number of H-pyrrole nitrogens is 1. The van der Waals surface area contributed by atoms with Crippen molar-refractivity contribution >= 4 is 55.3 Å². The van der Waals surface area contributed by atoms with Crippen LogP contribution in [0.4, 0.5) is 17.5 Å². The molecule has 0 unspecified atom stereocenters. The number of benzene rings is 2. The van der Waals surface area contributed by atoms with Crippen LogP contribution < -0.4 is 10.6 Å². The van der Waals surface area contributed by atoms with Crippen molar-refractivity contribution in [1.29, 1.82) is 0 Å². The quantitative estimate of drug-likeness (QED) is 0.403. The lowest BCUT2D eigenvalue weighted by Crippen LogP contribution is -2.27. The van der Waals surface area contributed by atoms with Gasteiger partial charge in [-0.2, -0.15) is 9.97 Å². The molecule has 0 aliphatic heterocycles. The van der Waals surface area contributed by atoms with Gasteiger partial charge in [0.1, 0.15) is 5.52 Å². The summed E-state index contributed by atoms with van der Waals surface area (Å²) in [5, 5.41) is 9.06. The van der Waals surface area contributed by atoms with E-state index < -0.39 is 0 Å². The molecule has 2 heterocycles. The molecule has 0 amide bonds. The minimum atomic E-state index is -0.140. The second-order valence-corrected chi connectivity index (χ2v) is 7.94. The van der Waals surface area contributed by atoms with Gasteiger partial charge in [-0.05, 0) is 59.6 Å². The molecule has 3 N–H and O–H groups in total. The number of aromatic nitrogens is 4. The summed E-state index contributed by atoms with van der Waals surface area (Å²) >= 11 is 3.37. The molecule has 0 fully saturated rings. The van der Waals surface area contributed by atoms with Crippen molar-refractivity contribution < 1.29 is 0 Å². The average Bonchev–Trinajstić information content (AvgIpc) is 2.94. The molecule has 0 saturated heterocycles. The van der Waals surface area contributed by atoms with Crippen molar-refractivity contribution in [2.24, 2.45) is 0 Å². The lowest BCUT2D eigenvalue weighted by molar-refractivity contribution is 0.631. The Morgan fingerprint density at radius 2 is 1.73 bits per heavy atom. The van der Waals surface area contributed by atoms with Crippen molar-refractivity contribution in [3.63, 3.8) is 0 Å². The van der Waals surface area contributed by atoms with Crippen LogP contribution in [0.25, 0.3) is 21.9 Å². The zero-order chi connectivity index (χ0) is 18.3. The average molecular weight is 411 g/mol. The van der Waals surface area contributed by atoms with E-state index in [4.69, 9.17) is 0 Å². The van der Waals surface area contributed by atoms with E-state index in [0.29, 0.717) is 22.1 Å². The molecule has 4 aromatic rings. The Labute approximate surface area is 159 Å². The van der Waals surface area contributed by atoms with Gasteiger partial charge in [0, 0.05) is 11.2 Å². The van der Waals surface area contributed by atoms with Gasteiger partial charge in [0.25, 0.3) is 0 Å². The van der Waals surface area contributed by atoms with E-state index in [2.05, 4.69) is 91.5 Å². The van der Waals surface area contributed by atoms with Crippen LogP contribution in [0.2, 0.25) is 0 Å². The van der Waals surface area contributed by atoms with E-state index in [1.165, 1.54) is 5.39 Å². The minimum Gasteiger partial charge on any atom is -0.364 e. The second-order valence-electron chi connectivity index (χ2n) is 7.18. The monoisotopic (exact) mass is 410 g/mol. The maximum Gasteiger partial charge on any atom is 0.231 e. The molecule has 0 radical (unpaired) electrons. The fraction of sp³-hybridized carbons (Fsp3) is 0.211. The van der Waals surface area contributed by atoms with Crippen molar-refractivity contribution in [2.75, 3.05) is 10.6 Å². The number of anilines is 3. The number of aromatic amines is 1. The fourth-order valence-corrected chi connectivity index (χ4v) is 3.13. The SMILES string of the molecule is CC(C)(C)Nc1nc(Nc2ccc3ccccc3c2)nc2nc(Br)[nH]c12. The Bertz CT molecular complexity index is 1100. The summed E-state index contributed by atoms with van der Waals surface area (Å²) in [7, 11) is 0. The van der Waals surface area contributed by atoms with Gasteiger partial charge in [-0.3, -0.25) is 0 Å². The van der Waals surface area contributed by atoms with Crippen molar-refractivity contribution in [3.05, 3.63) is 47.2 Å². The fourth-order valence-electron chi connectivity index (χ4n) is 2.77. The van der Waals surface area contributed by atoms with Gasteiger partial charge < -0.3 is 15.6 Å². The van der Waals surface area contributed by atoms with E-state index in [0.717, 1.165) is 16.6 Å². The summed E-state index contributed by atoms with van der Waals surface area (Å²) in [6.07, 6.45) is 0. The summed E-state index contributed by atoms with van der Waals surface area (Å²) in [5.74, 6) is 1.21. The van der Waals surface area contributed by atoms with Gasteiger partial charge in [-0.1, -0.05) is 30.3 Å². The lowest BCUT2D eigenvalue weighted by atomic mass is 10.1. The van der Waals surface area contributed by atoms with Gasteiger partial charge in [-0.15, -0.1) is 0 Å². The number of rotatable bonds is 3. The van der Waals surface area contributed by atoms with E-state index in [1.54, 1.807) is 0 Å². The predicted molar refractivity (Wildman–Crippen MR) is 110 cm³/mol. The van der Waals surface area contributed by atoms with Gasteiger partial charge >= 0.3 is 0 Å². The zero-order valence-electron chi connectivity index (χ0n) is 14.8. The van der Waals surface area contributed by atoms with E-state index >= 15 is 0 Å². The van der Waals surface area contributed by atoms with Crippen molar-refractivity contribution in [1.82, 2.24) is 19.9 Å². The predicted octanol–water partition coefficient (Wildman–Crippen LogP) is 5.22. The van der Waals surface area contributed by atoms with Crippen LogP contribution in [0.3, 0.4) is 0 Å². The molecule has 0 aliphatic rings. The van der Waals surface area contributed by atoms with Gasteiger partial charge in [0.2, 0.25) is 5.95 Å². The molecule has 2 aromatic heterocycles. The highest BCUT2D eigenvalue weighted by atomic mass is 79.9. The van der Waals surface area contributed by atoms with Crippen molar-refractivity contribution in [2.45, 2.75) is 26.3 Å². The number of nitrogens with zero attached hydrogens (tertiary/aromatic N) is 3. The molecule has 0 spiro atoms. The number of fused-ring (bicyclic) bond motifs is 2. The third-order valence-corrected chi connectivity index (χ3v) is 4.20. The molecular weight excluding hydrogens is 392 g/mol.